The molecule has 0 aromatic carbocycles. The Morgan fingerprint density at radius 1 is 1.48 bits per heavy atom. The van der Waals surface area contributed by atoms with Crippen LogP contribution >= 0.6 is 0 Å². The number of nitrogens with zero attached hydrogens (tertiary/aromatic N) is 2. The van der Waals surface area contributed by atoms with Gasteiger partial charge in [0.05, 0.1) is 6.61 Å². The summed E-state index contributed by atoms with van der Waals surface area (Å²) in [5.41, 5.74) is 3.94. The Morgan fingerprint density at radius 2 is 2.28 bits per heavy atom. The lowest BCUT2D eigenvalue weighted by Gasteiger charge is -2.08. The fourth-order valence-corrected chi connectivity index (χ4v) is 2.38. The zero-order valence-electron chi connectivity index (χ0n) is 14.9. The molecule has 2 rings (SSSR count). The molecule has 0 atom stereocenters. The van der Waals surface area contributed by atoms with Gasteiger partial charge in [0.2, 0.25) is 0 Å². The monoisotopic (exact) mass is 340 g/mol. The normalized spacial score (nSPS) is 12.4. The molecular formula is C19H24N4O2. The van der Waals surface area contributed by atoms with Gasteiger partial charge in [0.15, 0.2) is 5.65 Å². The molecule has 0 radical (unpaired) electrons. The summed E-state index contributed by atoms with van der Waals surface area (Å²) in [6, 6.07) is 2.01. The van der Waals surface area contributed by atoms with Crippen LogP contribution in [-0.4, -0.2) is 40.8 Å². The summed E-state index contributed by atoms with van der Waals surface area (Å²) in [5, 5.41) is 10.8. The third kappa shape index (κ3) is 4.64. The Morgan fingerprint density at radius 3 is 2.96 bits per heavy atom. The molecule has 0 bridgehead atoms. The maximum Gasteiger partial charge on any atom is 0.251 e. The van der Waals surface area contributed by atoms with Crippen molar-refractivity contribution in [2.45, 2.75) is 20.8 Å². The topological polar surface area (TPSA) is 79.9 Å². The van der Waals surface area contributed by atoms with Gasteiger partial charge in [0.25, 0.3) is 5.91 Å². The molecule has 0 aliphatic rings. The van der Waals surface area contributed by atoms with E-state index in [2.05, 4.69) is 27.1 Å². The summed E-state index contributed by atoms with van der Waals surface area (Å²) in [6.45, 7) is 11.1. The van der Waals surface area contributed by atoms with Gasteiger partial charge in [-0.2, -0.15) is 5.10 Å². The van der Waals surface area contributed by atoms with Crippen molar-refractivity contribution in [3.05, 3.63) is 53.9 Å². The van der Waals surface area contributed by atoms with Crippen LogP contribution in [0.1, 0.15) is 25.1 Å². The largest absolute Gasteiger partial charge is 0.380 e. The van der Waals surface area contributed by atoms with Crippen LogP contribution in [0, 0.1) is 6.92 Å². The Bertz CT molecular complexity index is 818. The molecule has 0 spiro atoms. The van der Waals surface area contributed by atoms with Crippen LogP contribution in [0.4, 0.5) is 0 Å². The summed E-state index contributed by atoms with van der Waals surface area (Å²) in [4.78, 5) is 16.6. The molecule has 0 saturated heterocycles. The van der Waals surface area contributed by atoms with E-state index in [1.165, 1.54) is 0 Å². The predicted octanol–water partition coefficient (Wildman–Crippen LogP) is 2.93. The summed E-state index contributed by atoms with van der Waals surface area (Å²) in [7, 11) is 0. The average molecular weight is 340 g/mol. The lowest BCUT2D eigenvalue weighted by molar-refractivity contribution is -0.117. The van der Waals surface area contributed by atoms with Gasteiger partial charge in [-0.3, -0.25) is 9.89 Å². The second kappa shape index (κ2) is 8.94. The van der Waals surface area contributed by atoms with Gasteiger partial charge >= 0.3 is 0 Å². The smallest absolute Gasteiger partial charge is 0.251 e. The van der Waals surface area contributed by atoms with Crippen molar-refractivity contribution in [3.8, 4) is 0 Å². The number of fused-ring (bicyclic) bond motifs is 1. The zero-order valence-corrected chi connectivity index (χ0v) is 14.9. The van der Waals surface area contributed by atoms with E-state index >= 15 is 0 Å². The highest BCUT2D eigenvalue weighted by atomic mass is 16.5. The van der Waals surface area contributed by atoms with E-state index in [4.69, 9.17) is 4.74 Å². The molecule has 0 unspecified atom stereocenters. The maximum atomic E-state index is 12.3. The quantitative estimate of drug-likeness (QED) is 0.440. The molecular weight excluding hydrogens is 316 g/mol. The van der Waals surface area contributed by atoms with Crippen LogP contribution in [0.15, 0.2) is 42.6 Å². The highest BCUT2D eigenvalue weighted by Gasteiger charge is 2.09. The molecule has 2 aromatic rings. The van der Waals surface area contributed by atoms with Gasteiger partial charge < -0.3 is 10.1 Å². The van der Waals surface area contributed by atoms with Crippen molar-refractivity contribution < 1.29 is 9.53 Å². The minimum atomic E-state index is -0.178. The number of hydrogen-bond donors (Lipinski definition) is 2. The molecule has 0 saturated carbocycles. The number of aryl methyl sites for hydroxylation is 1. The van der Waals surface area contributed by atoms with Crippen LogP contribution in [0.3, 0.4) is 0 Å². The number of H-pyrrole nitrogens is 1. The summed E-state index contributed by atoms with van der Waals surface area (Å²) in [6.07, 6.45) is 7.05. The third-order valence-corrected chi connectivity index (χ3v) is 3.77. The van der Waals surface area contributed by atoms with Crippen molar-refractivity contribution in [1.29, 1.82) is 0 Å². The number of rotatable bonds is 8. The Kier molecular flexibility index (Phi) is 6.65. The van der Waals surface area contributed by atoms with Crippen LogP contribution in [0.25, 0.3) is 16.6 Å². The first-order valence-corrected chi connectivity index (χ1v) is 8.28. The van der Waals surface area contributed by atoms with E-state index in [0.717, 1.165) is 22.2 Å². The van der Waals surface area contributed by atoms with Crippen LogP contribution in [0.5, 0.6) is 0 Å². The summed E-state index contributed by atoms with van der Waals surface area (Å²) < 4.78 is 5.22. The molecule has 6 heteroatoms. The summed E-state index contributed by atoms with van der Waals surface area (Å²) in [5.74, 6) is -0.178. The van der Waals surface area contributed by atoms with E-state index in [9.17, 15) is 4.79 Å². The van der Waals surface area contributed by atoms with Gasteiger partial charge in [-0.1, -0.05) is 18.7 Å². The first kappa shape index (κ1) is 18.6. The van der Waals surface area contributed by atoms with Crippen LogP contribution in [0.2, 0.25) is 0 Å². The molecule has 25 heavy (non-hydrogen) atoms. The van der Waals surface area contributed by atoms with Gasteiger partial charge in [0.1, 0.15) is 0 Å². The fourth-order valence-electron chi connectivity index (χ4n) is 2.38. The first-order valence-electron chi connectivity index (χ1n) is 8.28. The number of carbonyl (C=O) groups excluding carboxylic acids is 1. The highest BCUT2D eigenvalue weighted by molar-refractivity contribution is 5.99. The Hall–Kier alpha value is -2.73. The number of amides is 1. The molecule has 0 aliphatic carbocycles. The molecule has 2 heterocycles. The molecule has 1 amide bonds. The number of carbonyl (C=O) groups is 1. The van der Waals surface area contributed by atoms with Crippen molar-refractivity contribution in [1.82, 2.24) is 20.5 Å². The lowest BCUT2D eigenvalue weighted by Crippen LogP contribution is -2.28. The average Bonchev–Trinajstić information content (AvgIpc) is 3.00. The maximum absolute atomic E-state index is 12.3. The van der Waals surface area contributed by atoms with E-state index in [1.807, 2.05) is 32.9 Å². The molecule has 2 aromatic heterocycles. The molecule has 0 fully saturated rings. The van der Waals surface area contributed by atoms with Crippen molar-refractivity contribution in [2.24, 2.45) is 0 Å². The molecule has 132 valence electrons. The number of hydrogen-bond acceptors (Lipinski definition) is 4. The highest BCUT2D eigenvalue weighted by Crippen LogP contribution is 2.22. The van der Waals surface area contributed by atoms with E-state index in [1.54, 1.807) is 18.3 Å². The molecule has 6 nitrogen and oxygen atoms in total. The van der Waals surface area contributed by atoms with E-state index in [-0.39, 0.29) is 5.91 Å². The molecule has 0 aliphatic heterocycles. The third-order valence-electron chi connectivity index (χ3n) is 3.77. The SMILES string of the molecule is C=C/C(=C\C(=C/C)c1cnc2n[nH]c(C)c2c1)C(=O)NCCOCC. The Balaban J connectivity index is 2.22. The second-order valence-electron chi connectivity index (χ2n) is 5.44. The van der Waals surface area contributed by atoms with Gasteiger partial charge in [0, 0.05) is 41.6 Å². The zero-order chi connectivity index (χ0) is 18.2. The van der Waals surface area contributed by atoms with E-state index in [0.29, 0.717) is 31.0 Å². The summed E-state index contributed by atoms with van der Waals surface area (Å²) >= 11 is 0. The standard InChI is InChI=1S/C19H24N4O2/c1-5-14(10-15(6-2)19(24)20-8-9-25-7-3)16-11-17-13(4)22-23-18(17)21-12-16/h5-6,10-12H,2,7-9H2,1,3-4H3,(H,20,24)(H,21,22,23)/b14-5+,15-10+. The number of nitrogens with one attached hydrogen (secondary N) is 2. The number of ether oxygens (including phenoxy) is 1. The van der Waals surface area contributed by atoms with E-state index < -0.39 is 0 Å². The number of aromatic nitrogens is 3. The minimum Gasteiger partial charge on any atom is -0.380 e. The van der Waals surface area contributed by atoms with Crippen LogP contribution < -0.4 is 5.32 Å². The minimum absolute atomic E-state index is 0.178. The fraction of sp³-hybridized carbons (Fsp3) is 0.316. The van der Waals surface area contributed by atoms with Gasteiger partial charge in [-0.25, -0.2) is 4.98 Å². The van der Waals surface area contributed by atoms with Crippen molar-refractivity contribution in [3.63, 3.8) is 0 Å². The number of aromatic amines is 1. The van der Waals surface area contributed by atoms with Gasteiger partial charge in [-0.15, -0.1) is 0 Å². The van der Waals surface area contributed by atoms with Gasteiger partial charge in [-0.05, 0) is 38.5 Å². The second-order valence-corrected chi connectivity index (χ2v) is 5.44. The van der Waals surface area contributed by atoms with Crippen LogP contribution in [-0.2, 0) is 9.53 Å². The predicted molar refractivity (Wildman–Crippen MR) is 100 cm³/mol. The Labute approximate surface area is 147 Å². The van der Waals surface area contributed by atoms with Crippen molar-refractivity contribution >= 4 is 22.5 Å². The number of allylic oxidation sites excluding steroid dienone is 3. The first-order chi connectivity index (χ1) is 12.1. The van der Waals surface area contributed by atoms with Crippen molar-refractivity contribution in [2.75, 3.05) is 19.8 Å². The lowest BCUT2D eigenvalue weighted by atomic mass is 10.0. The molecule has 2 N–H and O–H groups in total. The number of pyridine rings is 1.